The molecule has 0 N–H and O–H groups in total. The van der Waals surface area contributed by atoms with Gasteiger partial charge in [0.25, 0.3) is 5.09 Å². The lowest BCUT2D eigenvalue weighted by Crippen LogP contribution is -2.59. The topological polar surface area (TPSA) is 233 Å². The van der Waals surface area contributed by atoms with E-state index in [2.05, 4.69) is 4.84 Å². The first-order valence-electron chi connectivity index (χ1n) is 15.5. The molecule has 0 bridgehead atoms. The fraction of sp³-hybridized carbons (Fsp3) is 0.412. The number of methoxy groups -OCH3 is 1. The third-order valence-electron chi connectivity index (χ3n) is 7.61. The molecule has 0 radical (unpaired) electrons. The van der Waals surface area contributed by atoms with Crippen LogP contribution >= 0.6 is 0 Å². The van der Waals surface area contributed by atoms with Crippen LogP contribution in [0.15, 0.2) is 51.9 Å². The molecule has 18 nitrogen and oxygen atoms in total. The average Bonchev–Trinajstić information content (AvgIpc) is 3.04. The van der Waals surface area contributed by atoms with Crippen molar-refractivity contribution in [3.05, 3.63) is 68.6 Å². The Bertz CT molecular complexity index is 1930. The number of nitrogens with zero attached hydrogens (tertiary/aromatic N) is 1. The Kier molecular flexibility index (Phi) is 11.8. The number of hydrogen-bond acceptors (Lipinski definition) is 17. The van der Waals surface area contributed by atoms with Gasteiger partial charge in [-0.1, -0.05) is 12.1 Å². The minimum absolute atomic E-state index is 0.00892. The molecule has 52 heavy (non-hydrogen) atoms. The standard InChI is InChI=1S/C34H35NO17/c1-16(36)45-15-25-29(47-17(2)37)31(48-18(3)38)32(49-19(4)39)30(51-25)26-24(44-7)13-12-22-27(40)23(14-46-28(22)26)20-8-10-21(11-9-20)50-33(41)34(5,6)52-35(42)43/h8-14,25,29-32H,15H2,1-7H3/t25-,29-,30+,31+,32+/m1/s1. The van der Waals surface area contributed by atoms with Crippen molar-refractivity contribution < 1.29 is 71.5 Å². The van der Waals surface area contributed by atoms with Crippen molar-refractivity contribution in [2.24, 2.45) is 0 Å². The Balaban J connectivity index is 1.82. The van der Waals surface area contributed by atoms with E-state index >= 15 is 0 Å². The minimum Gasteiger partial charge on any atom is -0.496 e. The molecule has 0 aliphatic carbocycles. The molecule has 1 aliphatic heterocycles. The fourth-order valence-corrected chi connectivity index (χ4v) is 5.47. The van der Waals surface area contributed by atoms with Crippen LogP contribution in [0.4, 0.5) is 0 Å². The van der Waals surface area contributed by atoms with E-state index in [-0.39, 0.29) is 33.6 Å². The van der Waals surface area contributed by atoms with Gasteiger partial charge in [0, 0.05) is 27.7 Å². The zero-order chi connectivity index (χ0) is 38.5. The van der Waals surface area contributed by atoms with Crippen molar-refractivity contribution in [2.45, 2.75) is 77.7 Å². The van der Waals surface area contributed by atoms with Crippen molar-refractivity contribution in [2.75, 3.05) is 13.7 Å². The number of ether oxygens (including phenoxy) is 7. The summed E-state index contributed by atoms with van der Waals surface area (Å²) in [6, 6.07) is 8.47. The van der Waals surface area contributed by atoms with E-state index in [0.717, 1.165) is 47.8 Å². The highest BCUT2D eigenvalue weighted by Gasteiger charge is 2.54. The fourth-order valence-electron chi connectivity index (χ4n) is 5.47. The molecular weight excluding hydrogens is 694 g/mol. The van der Waals surface area contributed by atoms with Gasteiger partial charge in [0.15, 0.2) is 18.3 Å². The Hall–Kier alpha value is -6.04. The van der Waals surface area contributed by atoms with E-state index in [1.165, 1.54) is 43.5 Å². The Morgan fingerprint density at radius 3 is 2.00 bits per heavy atom. The number of hydrogen-bond donors (Lipinski definition) is 0. The van der Waals surface area contributed by atoms with E-state index in [1.54, 1.807) is 0 Å². The first-order chi connectivity index (χ1) is 24.4. The third kappa shape index (κ3) is 8.81. The van der Waals surface area contributed by atoms with Crippen LogP contribution in [0.3, 0.4) is 0 Å². The Morgan fingerprint density at radius 1 is 0.846 bits per heavy atom. The summed E-state index contributed by atoms with van der Waals surface area (Å²) < 4.78 is 44.9. The van der Waals surface area contributed by atoms with Crippen molar-refractivity contribution in [3.63, 3.8) is 0 Å². The minimum atomic E-state index is -1.89. The summed E-state index contributed by atoms with van der Waals surface area (Å²) in [5.74, 6) is -4.10. The monoisotopic (exact) mass is 729 g/mol. The lowest BCUT2D eigenvalue weighted by atomic mass is 9.89. The molecule has 4 rings (SSSR count). The predicted molar refractivity (Wildman–Crippen MR) is 173 cm³/mol. The molecule has 0 amide bonds. The molecule has 18 heteroatoms. The van der Waals surface area contributed by atoms with Gasteiger partial charge in [0.2, 0.25) is 11.0 Å². The van der Waals surface area contributed by atoms with Gasteiger partial charge in [0.1, 0.15) is 42.2 Å². The lowest BCUT2D eigenvalue weighted by Gasteiger charge is -2.44. The van der Waals surface area contributed by atoms with Crippen LogP contribution in [0.5, 0.6) is 11.5 Å². The molecule has 5 atom stereocenters. The van der Waals surface area contributed by atoms with Crippen molar-refractivity contribution in [1.82, 2.24) is 0 Å². The van der Waals surface area contributed by atoms with Gasteiger partial charge in [-0.15, -0.1) is 10.1 Å². The van der Waals surface area contributed by atoms with Gasteiger partial charge >= 0.3 is 29.8 Å². The van der Waals surface area contributed by atoms with Gasteiger partial charge in [-0.3, -0.25) is 28.8 Å². The molecule has 0 saturated carbocycles. The maximum Gasteiger partial charge on any atom is 0.343 e. The highest BCUT2D eigenvalue weighted by molar-refractivity contribution is 5.86. The number of esters is 5. The molecule has 1 aliphatic rings. The number of benzene rings is 2. The second kappa shape index (κ2) is 15.9. The first-order valence-corrected chi connectivity index (χ1v) is 15.5. The quantitative estimate of drug-likeness (QED) is 0.0856. The van der Waals surface area contributed by atoms with E-state index in [4.69, 9.17) is 37.6 Å². The third-order valence-corrected chi connectivity index (χ3v) is 7.61. The van der Waals surface area contributed by atoms with Crippen LogP contribution in [-0.4, -0.2) is 78.7 Å². The van der Waals surface area contributed by atoms with Crippen LogP contribution < -0.4 is 14.9 Å². The largest absolute Gasteiger partial charge is 0.496 e. The molecule has 1 fully saturated rings. The highest BCUT2D eigenvalue weighted by atomic mass is 17.0. The Morgan fingerprint density at radius 2 is 1.44 bits per heavy atom. The summed E-state index contributed by atoms with van der Waals surface area (Å²) in [5, 5.41) is 9.62. The van der Waals surface area contributed by atoms with E-state index < -0.39 is 83.1 Å². The van der Waals surface area contributed by atoms with E-state index in [1.807, 2.05) is 0 Å². The number of rotatable bonds is 12. The predicted octanol–water partition coefficient (Wildman–Crippen LogP) is 3.16. The maximum atomic E-state index is 14.0. The van der Waals surface area contributed by atoms with E-state index in [0.29, 0.717) is 5.56 Å². The summed E-state index contributed by atoms with van der Waals surface area (Å²) in [4.78, 5) is 90.2. The second-order valence-electron chi connectivity index (χ2n) is 11.9. The van der Waals surface area contributed by atoms with Crippen LogP contribution in [-0.2, 0) is 52.5 Å². The molecule has 2 aromatic carbocycles. The molecule has 1 aromatic heterocycles. The zero-order valence-electron chi connectivity index (χ0n) is 29.0. The molecule has 3 aromatic rings. The van der Waals surface area contributed by atoms with Crippen LogP contribution in [0.1, 0.15) is 53.2 Å². The first kappa shape index (κ1) is 38.8. The second-order valence-corrected chi connectivity index (χ2v) is 11.9. The number of carbonyl (C=O) groups excluding carboxylic acids is 5. The smallest absolute Gasteiger partial charge is 0.343 e. The van der Waals surface area contributed by atoms with Crippen LogP contribution in [0, 0.1) is 10.1 Å². The summed E-state index contributed by atoms with van der Waals surface area (Å²) in [6.07, 6.45) is -6.00. The van der Waals surface area contributed by atoms with Crippen molar-refractivity contribution >= 4 is 40.8 Å². The average molecular weight is 730 g/mol. The number of fused-ring (bicyclic) bond motifs is 1. The highest BCUT2D eigenvalue weighted by Crippen LogP contribution is 2.44. The molecule has 278 valence electrons. The summed E-state index contributed by atoms with van der Waals surface area (Å²) >= 11 is 0. The maximum absolute atomic E-state index is 14.0. The molecule has 2 heterocycles. The molecule has 0 spiro atoms. The number of carbonyl (C=O) groups is 5. The van der Waals surface area contributed by atoms with Gasteiger partial charge in [0.05, 0.1) is 23.6 Å². The lowest BCUT2D eigenvalue weighted by molar-refractivity contribution is -0.774. The summed E-state index contributed by atoms with van der Waals surface area (Å²) in [5.41, 5.74) is -2.06. The zero-order valence-corrected chi connectivity index (χ0v) is 29.0. The van der Waals surface area contributed by atoms with Gasteiger partial charge < -0.3 is 37.6 Å². The van der Waals surface area contributed by atoms with Crippen molar-refractivity contribution in [3.8, 4) is 22.6 Å². The van der Waals surface area contributed by atoms with Gasteiger partial charge in [-0.2, -0.15) is 0 Å². The molecule has 0 unspecified atom stereocenters. The van der Waals surface area contributed by atoms with Gasteiger partial charge in [-0.05, 0) is 43.7 Å². The SMILES string of the molecule is COc1ccc2c(=O)c(-c3ccc(OC(=O)C(C)(C)O[N+](=O)[O-])cc3)coc2c1[C@@H]1O[C@H](COC(C)=O)[C@@H](OC(C)=O)[C@H](OC(C)=O)[C@H]1OC(C)=O. The molecular formula is C34H35NO17. The van der Waals surface area contributed by atoms with Crippen LogP contribution in [0.25, 0.3) is 22.1 Å². The Labute approximate surface area is 294 Å². The normalized spacial score (nSPS) is 19.9. The summed E-state index contributed by atoms with van der Waals surface area (Å²) in [7, 11) is 1.32. The van der Waals surface area contributed by atoms with Crippen molar-refractivity contribution in [1.29, 1.82) is 0 Å². The van der Waals surface area contributed by atoms with E-state index in [9.17, 15) is 38.9 Å². The van der Waals surface area contributed by atoms with Crippen LogP contribution in [0.2, 0.25) is 0 Å². The molecule has 1 saturated heterocycles. The summed E-state index contributed by atoms with van der Waals surface area (Å²) in [6.45, 7) is 6.25. The van der Waals surface area contributed by atoms with Gasteiger partial charge in [-0.25, -0.2) is 4.79 Å².